The molecular weight excluding hydrogens is 685 g/mol. The van der Waals surface area contributed by atoms with E-state index in [2.05, 4.69) is 43.8 Å². The zero-order chi connectivity index (χ0) is 38.1. The number of anilines is 1. The van der Waals surface area contributed by atoms with E-state index in [0.29, 0.717) is 48.1 Å². The monoisotopic (exact) mass is 728 g/mol. The minimum absolute atomic E-state index is 0.191. The van der Waals surface area contributed by atoms with E-state index in [1.807, 2.05) is 18.2 Å². The number of carbonyl (C=O) groups is 3. The smallest absolute Gasteiger partial charge is 0.325 e. The Labute approximate surface area is 305 Å². The molecule has 3 aromatic heterocycles. The number of hydrogen-bond donors (Lipinski definition) is 2. The number of nitrogens with zero attached hydrogens (tertiary/aromatic N) is 6. The number of allylic oxidation sites excluding steroid dienone is 2. The Morgan fingerprint density at radius 2 is 1.79 bits per heavy atom. The van der Waals surface area contributed by atoms with Gasteiger partial charge in [-0.05, 0) is 93.8 Å². The average molecular weight is 729 g/mol. The Morgan fingerprint density at radius 1 is 1.04 bits per heavy atom. The van der Waals surface area contributed by atoms with Gasteiger partial charge >= 0.3 is 6.18 Å². The third kappa shape index (κ3) is 7.78. The maximum absolute atomic E-state index is 14.4. The van der Waals surface area contributed by atoms with Crippen LogP contribution in [0.4, 0.5) is 19.0 Å². The summed E-state index contributed by atoms with van der Waals surface area (Å²) in [6.45, 7) is 13.5. The van der Waals surface area contributed by atoms with Gasteiger partial charge in [0.2, 0.25) is 11.8 Å². The van der Waals surface area contributed by atoms with Crippen molar-refractivity contribution >= 4 is 34.3 Å². The van der Waals surface area contributed by atoms with Gasteiger partial charge in [0.05, 0.1) is 5.52 Å². The van der Waals surface area contributed by atoms with Crippen LogP contribution in [-0.2, 0) is 28.7 Å². The molecule has 14 heteroatoms. The number of fused-ring (bicyclic) bond motifs is 2. The fourth-order valence-electron chi connectivity index (χ4n) is 7.37. The molecule has 2 fully saturated rings. The van der Waals surface area contributed by atoms with E-state index < -0.39 is 29.7 Å². The largest absolute Gasteiger partial charge is 0.433 e. The molecule has 0 spiro atoms. The molecule has 1 saturated heterocycles. The molecule has 3 atom stereocenters. The third-order valence-electron chi connectivity index (χ3n) is 10.1. The van der Waals surface area contributed by atoms with Crippen molar-refractivity contribution in [1.82, 2.24) is 34.9 Å². The molecule has 2 N–H and O–H groups in total. The lowest BCUT2D eigenvalue weighted by molar-refractivity contribution is -0.141. The van der Waals surface area contributed by atoms with E-state index >= 15 is 0 Å². The number of aromatic nitrogens is 5. The molecule has 1 saturated carbocycles. The van der Waals surface area contributed by atoms with Crippen LogP contribution in [0, 0.1) is 19.3 Å². The molecule has 11 nitrogen and oxygen atoms in total. The number of piperidine rings is 1. The molecule has 4 aromatic rings. The molecule has 4 heterocycles. The van der Waals surface area contributed by atoms with Gasteiger partial charge in [-0.25, -0.2) is 15.0 Å². The van der Waals surface area contributed by atoms with Crippen LogP contribution in [0.15, 0.2) is 62.0 Å². The minimum atomic E-state index is -4.70. The molecule has 0 radical (unpaired) electrons. The van der Waals surface area contributed by atoms with Crippen LogP contribution >= 0.6 is 0 Å². The fraction of sp³-hybridized carbons (Fsp3) is 0.410. The highest BCUT2D eigenvalue weighted by molar-refractivity contribution is 6.07. The van der Waals surface area contributed by atoms with Crippen molar-refractivity contribution in [2.24, 2.45) is 5.41 Å². The number of likely N-dealkylation sites (tertiary alicyclic amines) is 1. The summed E-state index contributed by atoms with van der Waals surface area (Å²) in [4.78, 5) is 55.2. The van der Waals surface area contributed by atoms with Gasteiger partial charge in [0, 0.05) is 48.3 Å². The second-order valence-electron chi connectivity index (χ2n) is 14.0. The van der Waals surface area contributed by atoms with Gasteiger partial charge in [-0.15, -0.1) is 13.2 Å². The van der Waals surface area contributed by atoms with Gasteiger partial charge in [0.1, 0.15) is 35.6 Å². The number of benzene rings is 1. The summed E-state index contributed by atoms with van der Waals surface area (Å²) < 4.78 is 42.1. The number of carbonyl (C=O) groups excluding carboxylic acids is 3. The lowest BCUT2D eigenvalue weighted by atomic mass is 9.98. The van der Waals surface area contributed by atoms with Gasteiger partial charge in [-0.2, -0.15) is 18.3 Å². The van der Waals surface area contributed by atoms with Crippen molar-refractivity contribution in [2.75, 3.05) is 18.4 Å². The number of ketones is 1. The summed E-state index contributed by atoms with van der Waals surface area (Å²) in [5.74, 6) is -0.885. The zero-order valence-electron chi connectivity index (χ0n) is 30.1. The maximum Gasteiger partial charge on any atom is 0.433 e. The molecular formula is C39H43F3N8O3. The lowest BCUT2D eigenvalue weighted by Crippen LogP contribution is -2.47. The summed E-state index contributed by atoms with van der Waals surface area (Å²) in [5, 5.41) is 11.3. The van der Waals surface area contributed by atoms with Gasteiger partial charge in [0.15, 0.2) is 5.78 Å². The van der Waals surface area contributed by atoms with Crippen molar-refractivity contribution in [3.05, 3.63) is 90.3 Å². The Morgan fingerprint density at radius 3 is 2.47 bits per heavy atom. The van der Waals surface area contributed by atoms with Gasteiger partial charge in [-0.3, -0.25) is 19.1 Å². The predicted octanol–water partition coefficient (Wildman–Crippen LogP) is 6.40. The first kappa shape index (κ1) is 37.5. The predicted molar refractivity (Wildman–Crippen MR) is 195 cm³/mol. The standard InChI is InChI=1S/C39H43F3N8O3/c1-6-8-9-10-14-43-22-38-17-30(37(53)47-36-23(3)12-13-31(46-36)39(40,41)42)50(32(38)18-38)33(52)21-49-35-26(11-7-2)15-27(28-19-44-25(5)45-20-28)16-29(35)34(48-49)24(4)51/h6-7,12-13,15-16,19-20,30,32,43H,1-2,8-11,14,17-18,21-22H2,3-5H3,(H,46,47,53)/t30-,32+,38-/m0/s1. The van der Waals surface area contributed by atoms with E-state index in [-0.39, 0.29) is 35.3 Å². The first-order valence-corrected chi connectivity index (χ1v) is 17.7. The first-order chi connectivity index (χ1) is 25.3. The van der Waals surface area contributed by atoms with Crippen molar-refractivity contribution in [1.29, 1.82) is 0 Å². The molecule has 2 amide bonds. The molecule has 1 aliphatic carbocycles. The second kappa shape index (κ2) is 15.0. The number of aryl methyl sites for hydroxylation is 2. The first-order valence-electron chi connectivity index (χ1n) is 17.7. The number of pyridine rings is 1. The highest BCUT2D eigenvalue weighted by atomic mass is 19.4. The Kier molecular flexibility index (Phi) is 10.6. The van der Waals surface area contributed by atoms with Crippen LogP contribution in [-0.4, -0.2) is 72.4 Å². The Bertz CT molecular complexity index is 2080. The molecule has 1 aromatic carbocycles. The topological polar surface area (TPSA) is 135 Å². The molecule has 53 heavy (non-hydrogen) atoms. The number of rotatable bonds is 15. The van der Waals surface area contributed by atoms with E-state index in [1.165, 1.54) is 17.7 Å². The SMILES string of the molecule is C=CCCCCNC[C@@]12C[C@@H](C(=O)Nc3nc(C(F)(F)F)ccc3C)N(C(=O)Cn3nc(C(C)=O)c4cc(-c5cnc(C)nc5)cc(CC=C)c43)[C@@H]1C2. The molecule has 0 bridgehead atoms. The van der Waals surface area contributed by atoms with Gasteiger partial charge in [0.25, 0.3) is 0 Å². The van der Waals surface area contributed by atoms with Crippen LogP contribution in [0.3, 0.4) is 0 Å². The number of nitrogens with one attached hydrogen (secondary N) is 2. The number of Topliss-reactive ketones (excluding diaryl/α,β-unsaturated/α-hetero) is 1. The quantitative estimate of drug-likeness (QED) is 0.0817. The normalized spacial score (nSPS) is 19.2. The number of unbranched alkanes of at least 4 members (excludes halogenated alkanes) is 2. The summed E-state index contributed by atoms with van der Waals surface area (Å²) in [7, 11) is 0. The van der Waals surface area contributed by atoms with Crippen LogP contribution in [0.5, 0.6) is 0 Å². The molecule has 0 unspecified atom stereocenters. The number of hydrogen-bond acceptors (Lipinski definition) is 8. The summed E-state index contributed by atoms with van der Waals surface area (Å²) in [5.41, 5.74) is 1.94. The molecule has 6 rings (SSSR count). The molecule has 1 aliphatic heterocycles. The highest BCUT2D eigenvalue weighted by Gasteiger charge is 2.66. The Hall–Kier alpha value is -5.24. The van der Waals surface area contributed by atoms with Crippen LogP contribution in [0.2, 0.25) is 0 Å². The Balaban J connectivity index is 1.33. The van der Waals surface area contributed by atoms with E-state index in [9.17, 15) is 27.6 Å². The lowest BCUT2D eigenvalue weighted by Gasteiger charge is -2.27. The van der Waals surface area contributed by atoms with Crippen molar-refractivity contribution in [3.8, 4) is 11.1 Å². The maximum atomic E-state index is 14.4. The second-order valence-corrected chi connectivity index (χ2v) is 14.0. The number of alkyl halides is 3. The van der Waals surface area contributed by atoms with E-state index in [0.717, 1.165) is 48.6 Å². The van der Waals surface area contributed by atoms with E-state index in [1.54, 1.807) is 37.2 Å². The number of halogens is 3. The summed E-state index contributed by atoms with van der Waals surface area (Å²) >= 11 is 0. The van der Waals surface area contributed by atoms with Crippen molar-refractivity contribution in [3.63, 3.8) is 0 Å². The molecule has 278 valence electrons. The third-order valence-corrected chi connectivity index (χ3v) is 10.1. The highest BCUT2D eigenvalue weighted by Crippen LogP contribution is 2.59. The summed E-state index contributed by atoms with van der Waals surface area (Å²) in [6.07, 6.45) is 6.56. The van der Waals surface area contributed by atoms with Crippen LogP contribution in [0.25, 0.3) is 22.0 Å². The summed E-state index contributed by atoms with van der Waals surface area (Å²) in [6, 6.07) is 4.67. The molecule has 2 aliphatic rings. The van der Waals surface area contributed by atoms with Crippen molar-refractivity contribution in [2.45, 2.75) is 84.1 Å². The van der Waals surface area contributed by atoms with Gasteiger partial charge in [-0.1, -0.05) is 18.2 Å². The van der Waals surface area contributed by atoms with Crippen LogP contribution < -0.4 is 10.6 Å². The van der Waals surface area contributed by atoms with E-state index in [4.69, 9.17) is 0 Å². The number of amides is 2. The van der Waals surface area contributed by atoms with Crippen LogP contribution in [0.1, 0.15) is 72.2 Å². The average Bonchev–Trinajstić information content (AvgIpc) is 3.51. The zero-order valence-corrected chi connectivity index (χ0v) is 30.1. The minimum Gasteiger partial charge on any atom is -0.325 e. The van der Waals surface area contributed by atoms with Crippen molar-refractivity contribution < 1.29 is 27.6 Å². The fourth-order valence-corrected chi connectivity index (χ4v) is 7.37. The van der Waals surface area contributed by atoms with Gasteiger partial charge < -0.3 is 15.5 Å².